The van der Waals surface area contributed by atoms with Crippen LogP contribution in [0.1, 0.15) is 5.69 Å². The zero-order chi connectivity index (χ0) is 9.42. The molecule has 0 saturated heterocycles. The van der Waals surface area contributed by atoms with E-state index in [-0.39, 0.29) is 11.7 Å². The molecule has 2 rings (SSSR count). The van der Waals surface area contributed by atoms with E-state index in [4.69, 9.17) is 16.6 Å². The maximum atomic E-state index is 9.12. The Balaban J connectivity index is 2.75. The average Bonchev–Trinajstić information content (AvgIpc) is 2.47. The first-order valence-corrected chi connectivity index (χ1v) is 3.74. The number of anilines is 1. The van der Waals surface area contributed by atoms with Crippen LogP contribution in [-0.2, 0) is 6.54 Å². The van der Waals surface area contributed by atoms with Gasteiger partial charge < -0.3 is 16.6 Å². The first-order valence-electron chi connectivity index (χ1n) is 3.74. The van der Waals surface area contributed by atoms with Crippen molar-refractivity contribution >= 4 is 11.5 Å². The summed E-state index contributed by atoms with van der Waals surface area (Å²) in [4.78, 5) is 7.77. The molecule has 0 bridgehead atoms. The maximum absolute atomic E-state index is 9.12. The summed E-state index contributed by atoms with van der Waals surface area (Å²) in [5.74, 6) is 0.0608. The molecule has 0 spiro atoms. The molecule has 0 aliphatic carbocycles. The summed E-state index contributed by atoms with van der Waals surface area (Å²) in [6.45, 7) is 0.335. The molecule has 2 aromatic rings. The molecule has 0 aliphatic rings. The third-order valence-corrected chi connectivity index (χ3v) is 1.71. The van der Waals surface area contributed by atoms with Crippen LogP contribution in [0.2, 0.25) is 0 Å². The number of nitrogens with two attached hydrogens (primary N) is 2. The van der Waals surface area contributed by atoms with Gasteiger partial charge in [-0.3, -0.25) is 4.40 Å². The van der Waals surface area contributed by atoms with Gasteiger partial charge in [0.1, 0.15) is 0 Å². The van der Waals surface area contributed by atoms with Gasteiger partial charge in [0.2, 0.25) is 5.88 Å². The molecule has 0 saturated carbocycles. The average molecular weight is 179 g/mol. The highest BCUT2D eigenvalue weighted by Gasteiger charge is 2.05. The van der Waals surface area contributed by atoms with Crippen LogP contribution in [0.15, 0.2) is 12.4 Å². The first-order chi connectivity index (χ1) is 6.20. The normalized spacial score (nSPS) is 10.8. The van der Waals surface area contributed by atoms with Crippen molar-refractivity contribution in [2.24, 2.45) is 5.73 Å². The Hall–Kier alpha value is -1.82. The van der Waals surface area contributed by atoms with Gasteiger partial charge in [-0.15, -0.1) is 0 Å². The fraction of sp³-hybridized carbons (Fsp3) is 0.143. The summed E-state index contributed by atoms with van der Waals surface area (Å²) >= 11 is 0. The van der Waals surface area contributed by atoms with E-state index in [0.29, 0.717) is 17.9 Å². The van der Waals surface area contributed by atoms with Gasteiger partial charge in [0, 0.05) is 12.7 Å². The predicted molar refractivity (Wildman–Crippen MR) is 47.0 cm³/mol. The van der Waals surface area contributed by atoms with E-state index in [1.165, 1.54) is 6.20 Å². The minimum Gasteiger partial charge on any atom is -0.492 e. The van der Waals surface area contributed by atoms with Crippen LogP contribution in [0.3, 0.4) is 0 Å². The summed E-state index contributed by atoms with van der Waals surface area (Å²) in [5, 5.41) is 9.12. The molecule has 6 heteroatoms. The Morgan fingerprint density at radius 1 is 1.38 bits per heavy atom. The Morgan fingerprint density at radius 3 is 2.85 bits per heavy atom. The van der Waals surface area contributed by atoms with E-state index in [1.54, 1.807) is 10.6 Å². The van der Waals surface area contributed by atoms with Crippen LogP contribution in [-0.4, -0.2) is 19.5 Å². The van der Waals surface area contributed by atoms with Gasteiger partial charge in [-0.1, -0.05) is 0 Å². The van der Waals surface area contributed by atoms with Gasteiger partial charge in [0.25, 0.3) is 0 Å². The van der Waals surface area contributed by atoms with E-state index in [0.717, 1.165) is 0 Å². The number of nitrogen functional groups attached to an aromatic ring is 1. The lowest BCUT2D eigenvalue weighted by Crippen LogP contribution is -1.96. The Kier molecular flexibility index (Phi) is 1.56. The van der Waals surface area contributed by atoms with Crippen LogP contribution in [0.25, 0.3) is 5.65 Å². The minimum atomic E-state index is -0.133. The molecule has 2 heterocycles. The largest absolute Gasteiger partial charge is 0.492 e. The van der Waals surface area contributed by atoms with Gasteiger partial charge in [-0.25, -0.2) is 4.98 Å². The standard InChI is InChI=1S/C7H9N5O/c8-1-4-2-12-3-5(13)11-6(9)7(12)10-4/h2-3,13H,1,8H2,(H2,9,11). The van der Waals surface area contributed by atoms with Crippen molar-refractivity contribution in [3.63, 3.8) is 0 Å². The van der Waals surface area contributed by atoms with E-state index >= 15 is 0 Å². The van der Waals surface area contributed by atoms with E-state index < -0.39 is 0 Å². The van der Waals surface area contributed by atoms with Crippen molar-refractivity contribution in [2.45, 2.75) is 6.54 Å². The zero-order valence-corrected chi connectivity index (χ0v) is 6.81. The lowest BCUT2D eigenvalue weighted by molar-refractivity contribution is 0.451. The van der Waals surface area contributed by atoms with Crippen molar-refractivity contribution in [2.75, 3.05) is 5.73 Å². The molecule has 6 nitrogen and oxygen atoms in total. The molecular weight excluding hydrogens is 170 g/mol. The number of hydrogen-bond donors (Lipinski definition) is 3. The summed E-state index contributed by atoms with van der Waals surface area (Å²) < 4.78 is 1.60. The molecule has 0 aromatic carbocycles. The number of hydrogen-bond acceptors (Lipinski definition) is 5. The number of fused-ring (bicyclic) bond motifs is 1. The van der Waals surface area contributed by atoms with E-state index in [1.807, 2.05) is 0 Å². The molecule has 0 aliphatic heterocycles. The molecule has 2 aromatic heterocycles. The van der Waals surface area contributed by atoms with Crippen molar-refractivity contribution in [3.05, 3.63) is 18.1 Å². The lowest BCUT2D eigenvalue weighted by Gasteiger charge is -1.96. The highest BCUT2D eigenvalue weighted by Crippen LogP contribution is 2.14. The second-order valence-corrected chi connectivity index (χ2v) is 2.65. The molecule has 0 amide bonds. The molecule has 0 fully saturated rings. The molecule has 13 heavy (non-hydrogen) atoms. The number of aromatic nitrogens is 3. The summed E-state index contributed by atoms with van der Waals surface area (Å²) in [5.41, 5.74) is 12.2. The second-order valence-electron chi connectivity index (χ2n) is 2.65. The number of rotatable bonds is 1. The number of nitrogens with zero attached hydrogens (tertiary/aromatic N) is 3. The van der Waals surface area contributed by atoms with Crippen molar-refractivity contribution in [1.82, 2.24) is 14.4 Å². The first kappa shape index (κ1) is 7.81. The van der Waals surface area contributed by atoms with Gasteiger partial charge >= 0.3 is 0 Å². The topological polar surface area (TPSA) is 102 Å². The van der Waals surface area contributed by atoms with Gasteiger partial charge in [-0.05, 0) is 0 Å². The third-order valence-electron chi connectivity index (χ3n) is 1.71. The van der Waals surface area contributed by atoms with Crippen LogP contribution >= 0.6 is 0 Å². The molecule has 0 atom stereocenters. The van der Waals surface area contributed by atoms with Crippen LogP contribution in [0.4, 0.5) is 5.82 Å². The van der Waals surface area contributed by atoms with E-state index in [9.17, 15) is 0 Å². The SMILES string of the molecule is NCc1cn2cc(O)nc(N)c2n1. The number of imidazole rings is 1. The fourth-order valence-corrected chi connectivity index (χ4v) is 1.16. The van der Waals surface area contributed by atoms with Crippen molar-refractivity contribution < 1.29 is 5.11 Å². The predicted octanol–water partition coefficient (Wildman–Crippen LogP) is -0.524. The summed E-state index contributed by atoms with van der Waals surface area (Å²) in [6.07, 6.45) is 3.13. The molecule has 0 unspecified atom stereocenters. The quantitative estimate of drug-likeness (QED) is 0.546. The fourth-order valence-electron chi connectivity index (χ4n) is 1.16. The number of aromatic hydroxyl groups is 1. The summed E-state index contributed by atoms with van der Waals surface area (Å²) in [7, 11) is 0. The third kappa shape index (κ3) is 1.17. The van der Waals surface area contributed by atoms with Gasteiger partial charge in [0.05, 0.1) is 11.9 Å². The van der Waals surface area contributed by atoms with Gasteiger partial charge in [-0.2, -0.15) is 4.98 Å². The minimum absolute atomic E-state index is 0.133. The van der Waals surface area contributed by atoms with Crippen molar-refractivity contribution in [1.29, 1.82) is 0 Å². The highest BCUT2D eigenvalue weighted by atomic mass is 16.3. The smallest absolute Gasteiger partial charge is 0.230 e. The maximum Gasteiger partial charge on any atom is 0.230 e. The van der Waals surface area contributed by atoms with Crippen molar-refractivity contribution in [3.8, 4) is 5.88 Å². The molecule has 68 valence electrons. The van der Waals surface area contributed by atoms with Crippen LogP contribution in [0, 0.1) is 0 Å². The molecular formula is C7H9N5O. The Morgan fingerprint density at radius 2 is 2.15 bits per heavy atom. The second kappa shape index (κ2) is 2.60. The zero-order valence-electron chi connectivity index (χ0n) is 6.81. The van der Waals surface area contributed by atoms with Gasteiger partial charge in [0.15, 0.2) is 11.5 Å². The highest BCUT2D eigenvalue weighted by molar-refractivity contribution is 5.60. The van der Waals surface area contributed by atoms with E-state index in [2.05, 4.69) is 9.97 Å². The van der Waals surface area contributed by atoms with Crippen LogP contribution < -0.4 is 11.5 Å². The summed E-state index contributed by atoms with van der Waals surface area (Å²) in [6, 6.07) is 0. The Labute approximate surface area is 73.8 Å². The monoisotopic (exact) mass is 179 g/mol. The van der Waals surface area contributed by atoms with Crippen LogP contribution in [0.5, 0.6) is 5.88 Å². The molecule has 0 radical (unpaired) electrons. The Bertz CT molecular complexity index is 449. The molecule has 5 N–H and O–H groups in total. The lowest BCUT2D eigenvalue weighted by atomic mass is 10.5.